The smallest absolute Gasteiger partial charge is 0.309 e. The van der Waals surface area contributed by atoms with Crippen LogP contribution < -0.4 is 5.56 Å². The van der Waals surface area contributed by atoms with E-state index < -0.39 is 0 Å². The van der Waals surface area contributed by atoms with Gasteiger partial charge in [-0.15, -0.1) is 0 Å². The van der Waals surface area contributed by atoms with E-state index in [0.717, 1.165) is 25.7 Å². The fourth-order valence-electron chi connectivity index (χ4n) is 3.90. The Kier molecular flexibility index (Phi) is 3.86. The first-order chi connectivity index (χ1) is 11.7. The van der Waals surface area contributed by atoms with Crippen molar-refractivity contribution in [1.29, 1.82) is 0 Å². The number of H-pyrrole nitrogens is 1. The Morgan fingerprint density at radius 3 is 2.79 bits per heavy atom. The van der Waals surface area contributed by atoms with E-state index in [4.69, 9.17) is 9.72 Å². The summed E-state index contributed by atoms with van der Waals surface area (Å²) in [7, 11) is 0. The van der Waals surface area contributed by atoms with Gasteiger partial charge in [0.05, 0.1) is 24.8 Å². The lowest BCUT2D eigenvalue weighted by molar-refractivity contribution is -0.152. The van der Waals surface area contributed by atoms with Crippen LogP contribution in [0.4, 0.5) is 0 Å². The van der Waals surface area contributed by atoms with Crippen molar-refractivity contribution in [2.75, 3.05) is 6.61 Å². The molecule has 4 rings (SSSR count). The van der Waals surface area contributed by atoms with Crippen molar-refractivity contribution in [3.05, 3.63) is 22.4 Å². The van der Waals surface area contributed by atoms with Gasteiger partial charge in [0.15, 0.2) is 5.65 Å². The average molecular weight is 330 g/mol. The molecular formula is C17H22N4O3. The van der Waals surface area contributed by atoms with Crippen LogP contribution in [0.15, 0.2) is 11.0 Å². The molecule has 0 saturated heterocycles. The number of ether oxygens (including phenoxy) is 1. The number of hydrogen-bond donors (Lipinski definition) is 1. The summed E-state index contributed by atoms with van der Waals surface area (Å²) in [6.07, 6.45) is 7.77. The van der Waals surface area contributed by atoms with Gasteiger partial charge < -0.3 is 9.72 Å². The van der Waals surface area contributed by atoms with Crippen molar-refractivity contribution in [3.63, 3.8) is 0 Å². The van der Waals surface area contributed by atoms with Gasteiger partial charge in [0, 0.05) is 5.92 Å². The first-order valence-corrected chi connectivity index (χ1v) is 8.83. The third-order valence-corrected chi connectivity index (χ3v) is 5.37. The molecule has 2 unspecified atom stereocenters. The highest BCUT2D eigenvalue weighted by Crippen LogP contribution is 2.42. The molecule has 128 valence electrons. The van der Waals surface area contributed by atoms with E-state index in [-0.39, 0.29) is 23.4 Å². The lowest BCUT2D eigenvalue weighted by Crippen LogP contribution is -2.34. The van der Waals surface area contributed by atoms with Gasteiger partial charge in [0.2, 0.25) is 0 Å². The molecule has 0 bridgehead atoms. The molecule has 2 saturated carbocycles. The molecule has 2 aromatic heterocycles. The highest BCUT2D eigenvalue weighted by atomic mass is 16.5. The molecule has 0 amide bonds. The predicted molar refractivity (Wildman–Crippen MR) is 87.8 cm³/mol. The lowest BCUT2D eigenvalue weighted by Gasteiger charge is -2.33. The van der Waals surface area contributed by atoms with Crippen molar-refractivity contribution in [3.8, 4) is 0 Å². The number of nitrogens with one attached hydrogen (secondary N) is 1. The molecule has 2 heterocycles. The molecule has 2 aliphatic rings. The van der Waals surface area contributed by atoms with E-state index in [1.807, 2.05) is 4.68 Å². The second kappa shape index (κ2) is 6.03. The lowest BCUT2D eigenvalue weighted by atomic mass is 9.73. The molecule has 2 aromatic rings. The number of carbonyl (C=O) groups excluding carboxylic acids is 1. The Hall–Kier alpha value is -2.18. The van der Waals surface area contributed by atoms with Gasteiger partial charge in [-0.05, 0) is 32.6 Å². The van der Waals surface area contributed by atoms with Crippen LogP contribution in [0, 0.1) is 5.92 Å². The largest absolute Gasteiger partial charge is 0.466 e. The van der Waals surface area contributed by atoms with Gasteiger partial charge in [-0.2, -0.15) is 5.10 Å². The number of esters is 1. The zero-order valence-electron chi connectivity index (χ0n) is 13.8. The zero-order valence-corrected chi connectivity index (χ0v) is 13.8. The van der Waals surface area contributed by atoms with Gasteiger partial charge >= 0.3 is 5.97 Å². The first kappa shape index (κ1) is 15.4. The summed E-state index contributed by atoms with van der Waals surface area (Å²) in [6, 6.07) is 0.326. The van der Waals surface area contributed by atoms with Crippen LogP contribution in [-0.4, -0.2) is 32.3 Å². The summed E-state index contributed by atoms with van der Waals surface area (Å²) in [4.78, 5) is 32.0. The number of aromatic amines is 1. The van der Waals surface area contributed by atoms with E-state index in [9.17, 15) is 9.59 Å². The number of rotatable bonds is 4. The molecule has 1 N–H and O–H groups in total. The molecule has 0 aliphatic heterocycles. The Balaban J connectivity index is 1.70. The monoisotopic (exact) mass is 330 g/mol. The van der Waals surface area contributed by atoms with Crippen molar-refractivity contribution in [2.24, 2.45) is 5.92 Å². The summed E-state index contributed by atoms with van der Waals surface area (Å²) < 4.78 is 7.03. The van der Waals surface area contributed by atoms with E-state index >= 15 is 0 Å². The molecule has 2 atom stereocenters. The minimum atomic E-state index is -0.201. The normalized spacial score (nSPS) is 24.2. The summed E-state index contributed by atoms with van der Waals surface area (Å²) in [6.45, 7) is 2.18. The van der Waals surface area contributed by atoms with Crippen LogP contribution in [0.25, 0.3) is 11.0 Å². The Morgan fingerprint density at radius 2 is 2.12 bits per heavy atom. The summed E-state index contributed by atoms with van der Waals surface area (Å²) in [5.74, 6) is 0.138. The molecule has 0 aromatic carbocycles. The number of hydrogen-bond acceptors (Lipinski definition) is 5. The Bertz CT molecular complexity index is 819. The van der Waals surface area contributed by atoms with Crippen molar-refractivity contribution in [2.45, 2.75) is 57.4 Å². The second-order valence-electron chi connectivity index (χ2n) is 6.76. The van der Waals surface area contributed by atoms with E-state index in [1.165, 1.54) is 12.8 Å². The Morgan fingerprint density at radius 1 is 1.33 bits per heavy atom. The third kappa shape index (κ3) is 2.42. The van der Waals surface area contributed by atoms with Gasteiger partial charge in [0.25, 0.3) is 5.56 Å². The number of fused-ring (bicyclic) bond motifs is 1. The maximum Gasteiger partial charge on any atom is 0.309 e. The van der Waals surface area contributed by atoms with Crippen molar-refractivity contribution < 1.29 is 9.53 Å². The van der Waals surface area contributed by atoms with E-state index in [0.29, 0.717) is 29.5 Å². The quantitative estimate of drug-likeness (QED) is 0.869. The molecule has 7 nitrogen and oxygen atoms in total. The van der Waals surface area contributed by atoms with Crippen LogP contribution in [-0.2, 0) is 9.53 Å². The minimum Gasteiger partial charge on any atom is -0.466 e. The fraction of sp³-hybridized carbons (Fsp3) is 0.647. The molecule has 2 fully saturated rings. The molecule has 0 radical (unpaired) electrons. The summed E-state index contributed by atoms with van der Waals surface area (Å²) in [5.41, 5.74) is 0.476. The summed E-state index contributed by atoms with van der Waals surface area (Å²) >= 11 is 0. The predicted octanol–water partition coefficient (Wildman–Crippen LogP) is 2.29. The Labute approximate surface area is 139 Å². The van der Waals surface area contributed by atoms with Crippen LogP contribution in [0.1, 0.15) is 63.2 Å². The third-order valence-electron chi connectivity index (χ3n) is 5.37. The molecular weight excluding hydrogens is 308 g/mol. The second-order valence-corrected chi connectivity index (χ2v) is 6.76. The average Bonchev–Trinajstić information content (AvgIpc) is 3.14. The molecule has 7 heteroatoms. The first-order valence-electron chi connectivity index (χ1n) is 8.83. The van der Waals surface area contributed by atoms with Crippen molar-refractivity contribution in [1.82, 2.24) is 19.7 Å². The van der Waals surface area contributed by atoms with Crippen LogP contribution >= 0.6 is 0 Å². The van der Waals surface area contributed by atoms with Crippen molar-refractivity contribution >= 4 is 17.0 Å². The van der Waals surface area contributed by atoms with E-state index in [1.54, 1.807) is 13.1 Å². The topological polar surface area (TPSA) is 89.9 Å². The zero-order chi connectivity index (χ0) is 16.7. The van der Waals surface area contributed by atoms with Gasteiger partial charge in [-0.25, -0.2) is 9.67 Å². The molecule has 2 aliphatic carbocycles. The van der Waals surface area contributed by atoms with Gasteiger partial charge in [-0.3, -0.25) is 9.59 Å². The maximum atomic E-state index is 12.4. The minimum absolute atomic E-state index is 0.0620. The maximum absolute atomic E-state index is 12.4. The number of aromatic nitrogens is 4. The van der Waals surface area contributed by atoms with Gasteiger partial charge in [0.1, 0.15) is 11.2 Å². The highest BCUT2D eigenvalue weighted by Gasteiger charge is 2.40. The highest BCUT2D eigenvalue weighted by molar-refractivity contribution is 5.76. The standard InChI is InChI=1S/C17H22N4O3/c1-2-24-17(23)12-8-7-11(12)14-19-15-13(16(22)20-14)9-18-21(15)10-5-3-4-6-10/h9-12H,2-8H2,1H3,(H,19,20,22). The molecule has 0 spiro atoms. The molecule has 24 heavy (non-hydrogen) atoms. The number of nitrogens with zero attached hydrogens (tertiary/aromatic N) is 3. The van der Waals surface area contributed by atoms with Gasteiger partial charge in [-0.1, -0.05) is 12.8 Å². The van der Waals surface area contributed by atoms with E-state index in [2.05, 4.69) is 10.1 Å². The van der Waals surface area contributed by atoms with Crippen LogP contribution in [0.2, 0.25) is 0 Å². The SMILES string of the molecule is CCOC(=O)C1CCC1c1nc2c(cnn2C2CCCC2)c(=O)[nH]1. The summed E-state index contributed by atoms with van der Waals surface area (Å²) in [5, 5.41) is 4.93. The van der Waals surface area contributed by atoms with Crippen LogP contribution in [0.3, 0.4) is 0 Å². The number of carbonyl (C=O) groups is 1. The fourth-order valence-corrected chi connectivity index (χ4v) is 3.90. The van der Waals surface area contributed by atoms with Crippen LogP contribution in [0.5, 0.6) is 0 Å².